The van der Waals surface area contributed by atoms with Crippen molar-refractivity contribution in [1.29, 1.82) is 5.26 Å². The number of nitrogens with zero attached hydrogens (tertiary/aromatic N) is 2. The number of carbonyl (C=O) groups excluding carboxylic acids is 1. The van der Waals surface area contributed by atoms with Crippen molar-refractivity contribution >= 4 is 17.7 Å². The molecule has 0 aliphatic carbocycles. The van der Waals surface area contributed by atoms with E-state index < -0.39 is 18.1 Å². The second kappa shape index (κ2) is 8.55. The zero-order chi connectivity index (χ0) is 15.7. The number of carboxylic acids is 1. The highest BCUT2D eigenvalue weighted by molar-refractivity contribution is 5.91. The van der Waals surface area contributed by atoms with Crippen molar-refractivity contribution in [3.05, 3.63) is 30.3 Å². The van der Waals surface area contributed by atoms with Crippen molar-refractivity contribution in [2.24, 2.45) is 0 Å². The van der Waals surface area contributed by atoms with E-state index in [4.69, 9.17) is 15.5 Å². The topological polar surface area (TPSA) is 114 Å². The van der Waals surface area contributed by atoms with Crippen LogP contribution in [0.15, 0.2) is 30.3 Å². The lowest BCUT2D eigenvalue weighted by atomic mass is 10.2. The Morgan fingerprint density at radius 2 is 2.00 bits per heavy atom. The van der Waals surface area contributed by atoms with Crippen LogP contribution in [0.1, 0.15) is 12.8 Å². The van der Waals surface area contributed by atoms with Crippen LogP contribution in [0.2, 0.25) is 0 Å². The van der Waals surface area contributed by atoms with Crippen molar-refractivity contribution in [2.75, 3.05) is 18.0 Å². The van der Waals surface area contributed by atoms with Gasteiger partial charge < -0.3 is 15.5 Å². The Balaban J connectivity index is 2.60. The van der Waals surface area contributed by atoms with Gasteiger partial charge in [-0.05, 0) is 12.1 Å². The lowest BCUT2D eigenvalue weighted by Crippen LogP contribution is -2.42. The quantitative estimate of drug-likeness (QED) is 0.692. The predicted molar refractivity (Wildman–Crippen MR) is 75.7 cm³/mol. The number of nitrogens with one attached hydrogen (secondary N) is 1. The van der Waals surface area contributed by atoms with Gasteiger partial charge in [0.1, 0.15) is 0 Å². The van der Waals surface area contributed by atoms with Gasteiger partial charge in [0.05, 0.1) is 12.5 Å². The van der Waals surface area contributed by atoms with E-state index in [1.54, 1.807) is 24.3 Å². The first-order valence-corrected chi connectivity index (χ1v) is 6.44. The molecule has 0 aromatic heterocycles. The molecule has 1 unspecified atom stereocenters. The highest BCUT2D eigenvalue weighted by atomic mass is 16.4. The van der Waals surface area contributed by atoms with Crippen LogP contribution >= 0.6 is 0 Å². The van der Waals surface area contributed by atoms with Crippen molar-refractivity contribution < 1.29 is 19.8 Å². The monoisotopic (exact) mass is 291 g/mol. The molecule has 1 atom stereocenters. The average molecular weight is 291 g/mol. The third-order valence-electron chi connectivity index (χ3n) is 2.74. The van der Waals surface area contributed by atoms with E-state index in [0.29, 0.717) is 5.69 Å². The van der Waals surface area contributed by atoms with Crippen LogP contribution in [0.4, 0.5) is 10.5 Å². The number of rotatable bonds is 7. The Hall–Kier alpha value is -2.59. The zero-order valence-electron chi connectivity index (χ0n) is 11.4. The number of carbonyl (C=O) groups is 2. The number of carboxylic acid groups (broad SMARTS) is 1. The van der Waals surface area contributed by atoms with Crippen molar-refractivity contribution in [1.82, 2.24) is 5.32 Å². The van der Waals surface area contributed by atoms with Gasteiger partial charge >= 0.3 is 12.0 Å². The molecular formula is C14H17N3O4. The molecule has 3 N–H and O–H groups in total. The second-order valence-corrected chi connectivity index (χ2v) is 4.27. The summed E-state index contributed by atoms with van der Waals surface area (Å²) in [5.41, 5.74) is 0.643. The van der Waals surface area contributed by atoms with E-state index >= 15 is 0 Å². The van der Waals surface area contributed by atoms with E-state index in [-0.39, 0.29) is 25.9 Å². The molecule has 0 aliphatic heterocycles. The molecule has 1 aromatic carbocycles. The first-order chi connectivity index (χ1) is 10.1. The maximum atomic E-state index is 12.1. The summed E-state index contributed by atoms with van der Waals surface area (Å²) >= 11 is 0. The molecule has 1 rings (SSSR count). The largest absolute Gasteiger partial charge is 0.479 e. The fourth-order valence-electron chi connectivity index (χ4n) is 1.65. The molecule has 21 heavy (non-hydrogen) atoms. The Bertz CT molecular complexity index is 513. The molecule has 0 spiro atoms. The summed E-state index contributed by atoms with van der Waals surface area (Å²) in [5, 5.41) is 28.8. The number of hydrogen-bond acceptors (Lipinski definition) is 4. The number of aliphatic hydroxyl groups is 1. The van der Waals surface area contributed by atoms with Gasteiger partial charge in [0.2, 0.25) is 0 Å². The van der Waals surface area contributed by atoms with Gasteiger partial charge in [0.15, 0.2) is 6.10 Å². The molecular weight excluding hydrogens is 274 g/mol. The molecule has 0 fully saturated rings. The number of urea groups is 1. The van der Waals surface area contributed by atoms with Crippen molar-refractivity contribution in [3.63, 3.8) is 0 Å². The van der Waals surface area contributed by atoms with E-state index in [1.165, 1.54) is 4.90 Å². The molecule has 7 nitrogen and oxygen atoms in total. The first kappa shape index (κ1) is 16.5. The normalized spacial score (nSPS) is 11.2. The Morgan fingerprint density at radius 1 is 1.33 bits per heavy atom. The summed E-state index contributed by atoms with van der Waals surface area (Å²) in [6.07, 6.45) is -1.41. The Morgan fingerprint density at radius 3 is 2.57 bits per heavy atom. The number of aliphatic carboxylic acids is 1. The third kappa shape index (κ3) is 5.50. The minimum absolute atomic E-state index is 0.0299. The number of benzene rings is 1. The fourth-order valence-corrected chi connectivity index (χ4v) is 1.65. The minimum Gasteiger partial charge on any atom is -0.479 e. The number of amides is 2. The maximum Gasteiger partial charge on any atom is 0.332 e. The van der Waals surface area contributed by atoms with E-state index in [9.17, 15) is 9.59 Å². The van der Waals surface area contributed by atoms with Crippen LogP contribution < -0.4 is 10.2 Å². The fraction of sp³-hybridized carbons (Fsp3) is 0.357. The Labute approximate surface area is 122 Å². The van der Waals surface area contributed by atoms with Gasteiger partial charge in [0.25, 0.3) is 0 Å². The molecule has 1 aromatic rings. The third-order valence-corrected chi connectivity index (χ3v) is 2.74. The summed E-state index contributed by atoms with van der Waals surface area (Å²) in [7, 11) is 0. The highest BCUT2D eigenvalue weighted by Crippen LogP contribution is 2.13. The van der Waals surface area contributed by atoms with Crippen LogP contribution in [0, 0.1) is 11.3 Å². The second-order valence-electron chi connectivity index (χ2n) is 4.27. The molecule has 0 aliphatic rings. The van der Waals surface area contributed by atoms with Gasteiger partial charge in [-0.15, -0.1) is 0 Å². The standard InChI is InChI=1S/C14H17N3O4/c15-8-4-10-17(11-5-2-1-3-6-11)14(21)16-9-7-12(18)13(19)20/h1-3,5-6,12,18H,4,7,9-10H2,(H,16,21)(H,19,20). The zero-order valence-corrected chi connectivity index (χ0v) is 11.4. The van der Waals surface area contributed by atoms with Gasteiger partial charge in [0, 0.05) is 25.2 Å². The molecule has 7 heteroatoms. The number of aliphatic hydroxyl groups excluding tert-OH is 1. The summed E-state index contributed by atoms with van der Waals surface area (Å²) in [6, 6.07) is 10.4. The summed E-state index contributed by atoms with van der Waals surface area (Å²) in [4.78, 5) is 23.9. The number of hydrogen-bond donors (Lipinski definition) is 3. The predicted octanol–water partition coefficient (Wildman–Crippen LogP) is 0.952. The summed E-state index contributed by atoms with van der Waals surface area (Å²) in [5.74, 6) is -1.33. The molecule has 0 bridgehead atoms. The smallest absolute Gasteiger partial charge is 0.332 e. The van der Waals surface area contributed by atoms with Gasteiger partial charge in [-0.2, -0.15) is 5.26 Å². The molecule has 112 valence electrons. The number of nitriles is 1. The van der Waals surface area contributed by atoms with E-state index in [1.807, 2.05) is 12.1 Å². The van der Waals surface area contributed by atoms with Crippen LogP contribution in [-0.4, -0.2) is 41.4 Å². The van der Waals surface area contributed by atoms with E-state index in [0.717, 1.165) is 0 Å². The minimum atomic E-state index is -1.51. The maximum absolute atomic E-state index is 12.1. The Kier molecular flexibility index (Phi) is 6.71. The average Bonchev–Trinajstić information content (AvgIpc) is 2.48. The molecule has 2 amide bonds. The lowest BCUT2D eigenvalue weighted by molar-refractivity contribution is -0.146. The van der Waals surface area contributed by atoms with Crippen LogP contribution in [0.25, 0.3) is 0 Å². The SMILES string of the molecule is N#CCCN(C(=O)NCCC(O)C(=O)O)c1ccccc1. The molecule has 0 radical (unpaired) electrons. The number of para-hydroxylation sites is 1. The van der Waals surface area contributed by atoms with Gasteiger partial charge in [-0.1, -0.05) is 18.2 Å². The van der Waals surface area contributed by atoms with Crippen LogP contribution in [0.3, 0.4) is 0 Å². The van der Waals surface area contributed by atoms with Crippen molar-refractivity contribution in [2.45, 2.75) is 18.9 Å². The van der Waals surface area contributed by atoms with Crippen LogP contribution in [0.5, 0.6) is 0 Å². The molecule has 0 saturated heterocycles. The number of anilines is 1. The molecule has 0 saturated carbocycles. The van der Waals surface area contributed by atoms with Crippen LogP contribution in [-0.2, 0) is 4.79 Å². The van der Waals surface area contributed by atoms with Gasteiger partial charge in [-0.3, -0.25) is 4.90 Å². The lowest BCUT2D eigenvalue weighted by Gasteiger charge is -2.22. The van der Waals surface area contributed by atoms with Crippen molar-refractivity contribution in [3.8, 4) is 6.07 Å². The first-order valence-electron chi connectivity index (χ1n) is 6.44. The van der Waals surface area contributed by atoms with E-state index in [2.05, 4.69) is 5.32 Å². The summed E-state index contributed by atoms with van der Waals surface area (Å²) in [6.45, 7) is 0.260. The molecule has 0 heterocycles. The highest BCUT2D eigenvalue weighted by Gasteiger charge is 2.17. The summed E-state index contributed by atoms with van der Waals surface area (Å²) < 4.78 is 0. The van der Waals surface area contributed by atoms with Gasteiger partial charge in [-0.25, -0.2) is 9.59 Å².